The van der Waals surface area contributed by atoms with Gasteiger partial charge < -0.3 is 19.9 Å². The molecule has 1 saturated heterocycles. The molecule has 29 heavy (non-hydrogen) atoms. The lowest BCUT2D eigenvalue weighted by Gasteiger charge is -2.16. The van der Waals surface area contributed by atoms with Crippen LogP contribution in [0.4, 0.5) is 0 Å². The topological polar surface area (TPSA) is 105 Å². The summed E-state index contributed by atoms with van der Waals surface area (Å²) in [7, 11) is 3.07. The molecule has 1 heterocycles. The van der Waals surface area contributed by atoms with Crippen molar-refractivity contribution < 1.29 is 29.0 Å². The molecule has 0 bridgehead atoms. The summed E-state index contributed by atoms with van der Waals surface area (Å²) in [4.78, 5) is 37.4. The van der Waals surface area contributed by atoms with Gasteiger partial charge in [0.1, 0.15) is 10.4 Å². The smallest absolute Gasteiger partial charge is 0.326 e. The zero-order valence-electron chi connectivity index (χ0n) is 16.3. The molecule has 1 aromatic carbocycles. The van der Waals surface area contributed by atoms with Crippen LogP contribution in [0.3, 0.4) is 0 Å². The molecule has 1 atom stereocenters. The SMILES string of the molecule is CC[C@@H](NC(=O)CCN1C(=O)/C(=C\c2ccc(OC)c(OC)c2)SC1=S)C(=O)O. The monoisotopic (exact) mass is 438 g/mol. The maximum Gasteiger partial charge on any atom is 0.326 e. The first-order valence-corrected chi connectivity index (χ1v) is 10.0. The number of thiocarbonyl (C=S) groups is 1. The summed E-state index contributed by atoms with van der Waals surface area (Å²) >= 11 is 6.41. The Bertz CT molecular complexity index is 855. The lowest BCUT2D eigenvalue weighted by atomic mass is 10.2. The average Bonchev–Trinajstić information content (AvgIpc) is 2.96. The zero-order valence-corrected chi connectivity index (χ0v) is 17.9. The first kappa shape index (κ1) is 22.7. The van der Waals surface area contributed by atoms with Gasteiger partial charge in [-0.05, 0) is 30.2 Å². The molecule has 2 N–H and O–H groups in total. The van der Waals surface area contributed by atoms with Crippen molar-refractivity contribution >= 4 is 52.2 Å². The van der Waals surface area contributed by atoms with E-state index in [1.54, 1.807) is 31.2 Å². The summed E-state index contributed by atoms with van der Waals surface area (Å²) in [5.41, 5.74) is 0.744. The Morgan fingerprint density at radius 1 is 1.31 bits per heavy atom. The predicted octanol–water partition coefficient (Wildman–Crippen LogP) is 2.27. The highest BCUT2D eigenvalue weighted by Crippen LogP contribution is 2.34. The third-order valence-electron chi connectivity index (χ3n) is 4.18. The number of carbonyl (C=O) groups is 3. The maximum absolute atomic E-state index is 12.7. The molecule has 1 aliphatic heterocycles. The van der Waals surface area contributed by atoms with Crippen LogP contribution < -0.4 is 14.8 Å². The van der Waals surface area contributed by atoms with Gasteiger partial charge in [-0.2, -0.15) is 0 Å². The molecule has 0 radical (unpaired) electrons. The summed E-state index contributed by atoms with van der Waals surface area (Å²) < 4.78 is 10.8. The predicted molar refractivity (Wildman–Crippen MR) is 114 cm³/mol. The van der Waals surface area contributed by atoms with Crippen molar-refractivity contribution in [2.75, 3.05) is 20.8 Å². The maximum atomic E-state index is 12.7. The minimum absolute atomic E-state index is 0.0418. The Hall–Kier alpha value is -2.59. The number of hydrogen-bond acceptors (Lipinski definition) is 7. The highest BCUT2D eigenvalue weighted by atomic mass is 32.2. The molecule has 0 spiro atoms. The van der Waals surface area contributed by atoms with E-state index in [1.165, 1.54) is 19.1 Å². The second-order valence-electron chi connectivity index (χ2n) is 6.06. The van der Waals surface area contributed by atoms with Crippen molar-refractivity contribution in [3.8, 4) is 11.5 Å². The second kappa shape index (κ2) is 10.3. The van der Waals surface area contributed by atoms with E-state index in [0.717, 1.165) is 17.3 Å². The van der Waals surface area contributed by atoms with Gasteiger partial charge >= 0.3 is 5.97 Å². The van der Waals surface area contributed by atoms with Gasteiger partial charge in [-0.15, -0.1) is 0 Å². The van der Waals surface area contributed by atoms with E-state index < -0.39 is 17.9 Å². The molecule has 1 aliphatic rings. The Morgan fingerprint density at radius 3 is 2.59 bits per heavy atom. The molecular weight excluding hydrogens is 416 g/mol. The van der Waals surface area contributed by atoms with Gasteiger partial charge in [-0.1, -0.05) is 37.0 Å². The van der Waals surface area contributed by atoms with E-state index in [0.29, 0.717) is 20.7 Å². The minimum Gasteiger partial charge on any atom is -0.493 e. The molecule has 8 nitrogen and oxygen atoms in total. The Balaban J connectivity index is 2.05. The Labute approximate surface area is 178 Å². The minimum atomic E-state index is -1.09. The summed E-state index contributed by atoms with van der Waals surface area (Å²) in [6.45, 7) is 1.75. The van der Waals surface area contributed by atoms with Crippen molar-refractivity contribution in [1.29, 1.82) is 0 Å². The number of nitrogens with zero attached hydrogens (tertiary/aromatic N) is 1. The third-order valence-corrected chi connectivity index (χ3v) is 5.56. The fraction of sp³-hybridized carbons (Fsp3) is 0.368. The van der Waals surface area contributed by atoms with E-state index in [1.807, 2.05) is 0 Å². The van der Waals surface area contributed by atoms with E-state index in [9.17, 15) is 14.4 Å². The van der Waals surface area contributed by atoms with E-state index in [-0.39, 0.29) is 25.3 Å². The van der Waals surface area contributed by atoms with Crippen LogP contribution in [0, 0.1) is 0 Å². The molecule has 0 unspecified atom stereocenters. The summed E-state index contributed by atoms with van der Waals surface area (Å²) in [5.74, 6) is -0.721. The fourth-order valence-electron chi connectivity index (χ4n) is 2.61. The Morgan fingerprint density at radius 2 is 2.00 bits per heavy atom. The first-order valence-electron chi connectivity index (χ1n) is 8.80. The van der Waals surface area contributed by atoms with Crippen molar-refractivity contribution in [3.05, 3.63) is 28.7 Å². The van der Waals surface area contributed by atoms with Crippen LogP contribution in [-0.4, -0.2) is 58.9 Å². The number of benzene rings is 1. The molecule has 156 valence electrons. The number of methoxy groups -OCH3 is 2. The molecule has 10 heteroatoms. The molecule has 1 fully saturated rings. The van der Waals surface area contributed by atoms with Gasteiger partial charge in [-0.3, -0.25) is 14.5 Å². The molecule has 1 aromatic rings. The zero-order chi connectivity index (χ0) is 21.6. The first-order chi connectivity index (χ1) is 13.8. The summed E-state index contributed by atoms with van der Waals surface area (Å²) in [6, 6.07) is 4.33. The van der Waals surface area contributed by atoms with Gasteiger partial charge in [0.2, 0.25) is 5.91 Å². The number of carbonyl (C=O) groups excluding carboxylic acids is 2. The highest BCUT2D eigenvalue weighted by Gasteiger charge is 2.32. The van der Waals surface area contributed by atoms with Crippen LogP contribution in [0.15, 0.2) is 23.1 Å². The van der Waals surface area contributed by atoms with Gasteiger partial charge in [0.25, 0.3) is 5.91 Å². The van der Waals surface area contributed by atoms with E-state index >= 15 is 0 Å². The second-order valence-corrected chi connectivity index (χ2v) is 7.74. The molecule has 0 aromatic heterocycles. The number of carboxylic acid groups (broad SMARTS) is 1. The number of ether oxygens (including phenoxy) is 2. The lowest BCUT2D eigenvalue weighted by Crippen LogP contribution is -2.42. The van der Waals surface area contributed by atoms with Crippen LogP contribution in [0.5, 0.6) is 11.5 Å². The normalized spacial score (nSPS) is 16.1. The summed E-state index contributed by atoms with van der Waals surface area (Å²) in [6.07, 6.45) is 1.93. The number of hydrogen-bond donors (Lipinski definition) is 2. The Kier molecular flexibility index (Phi) is 8.03. The van der Waals surface area contributed by atoms with Gasteiger partial charge in [0.15, 0.2) is 11.5 Å². The van der Waals surface area contributed by atoms with Crippen molar-refractivity contribution in [3.63, 3.8) is 0 Å². The van der Waals surface area contributed by atoms with Gasteiger partial charge in [0, 0.05) is 13.0 Å². The van der Waals surface area contributed by atoms with Crippen LogP contribution in [-0.2, 0) is 14.4 Å². The van der Waals surface area contributed by atoms with Gasteiger partial charge in [-0.25, -0.2) is 4.79 Å². The fourth-order valence-corrected chi connectivity index (χ4v) is 3.91. The van der Waals surface area contributed by atoms with Crippen molar-refractivity contribution in [2.45, 2.75) is 25.8 Å². The lowest BCUT2D eigenvalue weighted by molar-refractivity contribution is -0.142. The van der Waals surface area contributed by atoms with E-state index in [2.05, 4.69) is 5.32 Å². The van der Waals surface area contributed by atoms with Crippen LogP contribution >= 0.6 is 24.0 Å². The average molecular weight is 439 g/mol. The number of aliphatic carboxylic acids is 1. The number of thioether (sulfide) groups is 1. The largest absolute Gasteiger partial charge is 0.493 e. The van der Waals surface area contributed by atoms with Crippen molar-refractivity contribution in [1.82, 2.24) is 10.2 Å². The standard InChI is InChI=1S/C19H22N2O6S2/c1-4-12(18(24)25)20-16(22)7-8-21-17(23)15(29-19(21)28)10-11-5-6-13(26-2)14(9-11)27-3/h5-6,9-10,12H,4,7-8H2,1-3H3,(H,20,22)(H,24,25)/b15-10+/t12-/m1/s1. The third kappa shape index (κ3) is 5.70. The number of amides is 2. The van der Waals surface area contributed by atoms with Crippen LogP contribution in [0.25, 0.3) is 6.08 Å². The number of rotatable bonds is 9. The van der Waals surface area contributed by atoms with E-state index in [4.69, 9.17) is 26.8 Å². The summed E-state index contributed by atoms with van der Waals surface area (Å²) in [5, 5.41) is 11.4. The van der Waals surface area contributed by atoms with Gasteiger partial charge in [0.05, 0.1) is 19.1 Å². The number of nitrogens with one attached hydrogen (secondary N) is 1. The quantitative estimate of drug-likeness (QED) is 0.447. The van der Waals surface area contributed by atoms with Crippen LogP contribution in [0.2, 0.25) is 0 Å². The number of carboxylic acids is 1. The molecule has 0 saturated carbocycles. The van der Waals surface area contributed by atoms with Crippen molar-refractivity contribution in [2.24, 2.45) is 0 Å². The highest BCUT2D eigenvalue weighted by molar-refractivity contribution is 8.26. The molecular formula is C19H22N2O6S2. The molecule has 0 aliphatic carbocycles. The molecule has 2 rings (SSSR count). The van der Waals surface area contributed by atoms with Crippen LogP contribution in [0.1, 0.15) is 25.3 Å². The molecule has 2 amide bonds.